The van der Waals surface area contributed by atoms with Crippen LogP contribution in [0.3, 0.4) is 0 Å². The molecule has 0 aromatic heterocycles. The van der Waals surface area contributed by atoms with Crippen LogP contribution in [0, 0.1) is 40.4 Å². The second kappa shape index (κ2) is 5.65. The molecular weight excluding hydrogens is 300 g/mol. The third-order valence-corrected chi connectivity index (χ3v) is 8.81. The van der Waals surface area contributed by atoms with Crippen molar-refractivity contribution in [3.8, 4) is 0 Å². The minimum atomic E-state index is -0.366. The molecule has 134 valence electrons. The van der Waals surface area contributed by atoms with Gasteiger partial charge < -0.3 is 5.11 Å². The summed E-state index contributed by atoms with van der Waals surface area (Å²) in [6.45, 7) is 4.21. The molecule has 0 amide bonds. The molecular formula is C21H32O3. The molecule has 0 radical (unpaired) electrons. The highest BCUT2D eigenvalue weighted by molar-refractivity contribution is 5.88. The predicted octanol–water partition coefficient (Wildman–Crippen LogP) is 3.78. The average Bonchev–Trinajstić information content (AvgIpc) is 2.89. The first kappa shape index (κ1) is 16.8. The minimum absolute atomic E-state index is 0.0381. The zero-order valence-electron chi connectivity index (χ0n) is 15.2. The lowest BCUT2D eigenvalue weighted by Gasteiger charge is -2.59. The summed E-state index contributed by atoms with van der Waals surface area (Å²) in [5.41, 5.74) is 0.00851. The van der Waals surface area contributed by atoms with Crippen molar-refractivity contribution in [2.24, 2.45) is 40.4 Å². The molecule has 4 saturated carbocycles. The molecule has 1 N–H and O–H groups in total. The van der Waals surface area contributed by atoms with Gasteiger partial charge in [0.2, 0.25) is 0 Å². The number of ketones is 2. The Hall–Kier alpha value is -0.700. The first-order chi connectivity index (χ1) is 11.4. The van der Waals surface area contributed by atoms with Gasteiger partial charge in [0.15, 0.2) is 5.78 Å². The van der Waals surface area contributed by atoms with Crippen LogP contribution < -0.4 is 0 Å². The summed E-state index contributed by atoms with van der Waals surface area (Å²) in [4.78, 5) is 25.6. The van der Waals surface area contributed by atoms with E-state index in [0.29, 0.717) is 24.0 Å². The maximum absolute atomic E-state index is 13.3. The van der Waals surface area contributed by atoms with Crippen molar-refractivity contribution in [2.45, 2.75) is 71.6 Å². The Morgan fingerprint density at radius 1 is 1.08 bits per heavy atom. The van der Waals surface area contributed by atoms with Crippen LogP contribution in [-0.4, -0.2) is 23.3 Å². The Morgan fingerprint density at radius 2 is 1.88 bits per heavy atom. The first-order valence-corrected chi connectivity index (χ1v) is 10.1. The highest BCUT2D eigenvalue weighted by Crippen LogP contribution is 2.66. The molecule has 24 heavy (non-hydrogen) atoms. The smallest absolute Gasteiger partial charge is 0.161 e. The number of rotatable bonds is 2. The van der Waals surface area contributed by atoms with Gasteiger partial charge >= 0.3 is 0 Å². The van der Waals surface area contributed by atoms with Crippen LogP contribution in [0.2, 0.25) is 0 Å². The molecule has 0 bridgehead atoms. The summed E-state index contributed by atoms with van der Waals surface area (Å²) in [6, 6.07) is 0. The van der Waals surface area contributed by atoms with E-state index < -0.39 is 0 Å². The molecule has 0 aromatic rings. The second-order valence-electron chi connectivity index (χ2n) is 9.68. The Labute approximate surface area is 145 Å². The lowest BCUT2D eigenvalue weighted by atomic mass is 9.44. The van der Waals surface area contributed by atoms with Crippen molar-refractivity contribution >= 4 is 11.6 Å². The molecule has 0 spiro atoms. The normalized spacial score (nSPS) is 50.8. The summed E-state index contributed by atoms with van der Waals surface area (Å²) in [5.74, 6) is 2.24. The number of Topliss-reactive ketones (excluding diaryl/α,β-unsaturated/α-hetero) is 2. The Morgan fingerprint density at radius 3 is 2.62 bits per heavy atom. The third-order valence-electron chi connectivity index (χ3n) is 8.81. The summed E-state index contributed by atoms with van der Waals surface area (Å²) in [7, 11) is 0. The van der Waals surface area contributed by atoms with E-state index in [1.165, 1.54) is 38.5 Å². The van der Waals surface area contributed by atoms with Gasteiger partial charge in [0.1, 0.15) is 12.4 Å². The fourth-order valence-corrected chi connectivity index (χ4v) is 7.75. The van der Waals surface area contributed by atoms with Crippen molar-refractivity contribution in [2.75, 3.05) is 6.61 Å². The van der Waals surface area contributed by atoms with Crippen LogP contribution in [0.5, 0.6) is 0 Å². The van der Waals surface area contributed by atoms with Crippen LogP contribution in [-0.2, 0) is 9.59 Å². The van der Waals surface area contributed by atoms with E-state index >= 15 is 0 Å². The quantitative estimate of drug-likeness (QED) is 0.837. The van der Waals surface area contributed by atoms with Crippen LogP contribution in [0.1, 0.15) is 71.6 Å². The SMILES string of the molecule is CC12CC(=O)C3C(CCC4CCCCC43C)C1CCC2C(=O)CO. The van der Waals surface area contributed by atoms with Crippen LogP contribution in [0.25, 0.3) is 0 Å². The predicted molar refractivity (Wildman–Crippen MR) is 92.3 cm³/mol. The lowest BCUT2D eigenvalue weighted by Crippen LogP contribution is -2.57. The van der Waals surface area contributed by atoms with Gasteiger partial charge in [-0.15, -0.1) is 0 Å². The maximum atomic E-state index is 13.3. The number of fused-ring (bicyclic) bond motifs is 5. The largest absolute Gasteiger partial charge is 0.389 e. The molecule has 7 unspecified atom stereocenters. The van der Waals surface area contributed by atoms with Gasteiger partial charge in [0.25, 0.3) is 0 Å². The average molecular weight is 332 g/mol. The monoisotopic (exact) mass is 332 g/mol. The molecule has 0 heterocycles. The number of aliphatic hydroxyl groups is 1. The van der Waals surface area contributed by atoms with Gasteiger partial charge in [-0.2, -0.15) is 0 Å². The van der Waals surface area contributed by atoms with Gasteiger partial charge in [0, 0.05) is 18.3 Å². The highest BCUT2D eigenvalue weighted by atomic mass is 16.3. The minimum Gasteiger partial charge on any atom is -0.389 e. The molecule has 4 aliphatic carbocycles. The van der Waals surface area contributed by atoms with Crippen molar-refractivity contribution in [3.05, 3.63) is 0 Å². The third kappa shape index (κ3) is 2.12. The van der Waals surface area contributed by atoms with E-state index in [1.54, 1.807) is 0 Å². The van der Waals surface area contributed by atoms with Crippen molar-refractivity contribution in [1.29, 1.82) is 0 Å². The Balaban J connectivity index is 1.68. The van der Waals surface area contributed by atoms with E-state index in [2.05, 4.69) is 13.8 Å². The second-order valence-corrected chi connectivity index (χ2v) is 9.68. The molecule has 4 fully saturated rings. The fourth-order valence-electron chi connectivity index (χ4n) is 7.75. The van der Waals surface area contributed by atoms with Crippen molar-refractivity contribution in [1.82, 2.24) is 0 Å². The Kier molecular flexibility index (Phi) is 3.95. The lowest BCUT2D eigenvalue weighted by molar-refractivity contribution is -0.159. The summed E-state index contributed by atoms with van der Waals surface area (Å²) in [5, 5.41) is 9.36. The highest BCUT2D eigenvalue weighted by Gasteiger charge is 2.63. The molecule has 3 heteroatoms. The van der Waals surface area contributed by atoms with E-state index in [9.17, 15) is 14.7 Å². The molecule has 0 aliphatic heterocycles. The number of carbonyl (C=O) groups is 2. The van der Waals surface area contributed by atoms with E-state index in [4.69, 9.17) is 0 Å². The van der Waals surface area contributed by atoms with E-state index in [-0.39, 0.29) is 35.1 Å². The van der Waals surface area contributed by atoms with E-state index in [1.807, 2.05) is 0 Å². The first-order valence-electron chi connectivity index (χ1n) is 10.1. The van der Waals surface area contributed by atoms with Crippen molar-refractivity contribution < 1.29 is 14.7 Å². The Bertz CT molecular complexity index is 555. The van der Waals surface area contributed by atoms with Crippen LogP contribution in [0.15, 0.2) is 0 Å². The molecule has 7 atom stereocenters. The van der Waals surface area contributed by atoms with Gasteiger partial charge in [-0.1, -0.05) is 26.7 Å². The molecule has 3 nitrogen and oxygen atoms in total. The topological polar surface area (TPSA) is 54.4 Å². The van der Waals surface area contributed by atoms with Crippen molar-refractivity contribution in [3.63, 3.8) is 0 Å². The fraction of sp³-hybridized carbons (Fsp3) is 0.905. The summed E-state index contributed by atoms with van der Waals surface area (Å²) < 4.78 is 0. The van der Waals surface area contributed by atoms with Gasteiger partial charge in [-0.05, 0) is 67.1 Å². The molecule has 0 aromatic carbocycles. The van der Waals surface area contributed by atoms with Crippen LogP contribution >= 0.6 is 0 Å². The number of carbonyl (C=O) groups excluding carboxylic acids is 2. The molecule has 0 saturated heterocycles. The zero-order valence-corrected chi connectivity index (χ0v) is 15.2. The molecule has 4 aliphatic rings. The van der Waals surface area contributed by atoms with E-state index in [0.717, 1.165) is 18.8 Å². The maximum Gasteiger partial charge on any atom is 0.161 e. The number of aliphatic hydroxyl groups excluding tert-OH is 1. The van der Waals surface area contributed by atoms with Crippen LogP contribution in [0.4, 0.5) is 0 Å². The van der Waals surface area contributed by atoms with Gasteiger partial charge in [-0.3, -0.25) is 9.59 Å². The number of hydrogen-bond donors (Lipinski definition) is 1. The number of hydrogen-bond acceptors (Lipinski definition) is 3. The van der Waals surface area contributed by atoms with Gasteiger partial charge in [-0.25, -0.2) is 0 Å². The van der Waals surface area contributed by atoms with Gasteiger partial charge in [0.05, 0.1) is 0 Å². The standard InChI is InChI=1S/C21H32O3/c1-20-10-4-3-5-13(20)6-7-14-15-8-9-16(18(24)12-22)21(15,2)11-17(23)19(14)20/h13-16,19,22H,3-12H2,1-2H3. The summed E-state index contributed by atoms with van der Waals surface area (Å²) in [6.07, 6.45) is 10.1. The zero-order chi connectivity index (χ0) is 17.1. The molecule has 4 rings (SSSR count). The summed E-state index contributed by atoms with van der Waals surface area (Å²) >= 11 is 0.